The van der Waals surface area contributed by atoms with E-state index in [4.69, 9.17) is 23.1 Å². The van der Waals surface area contributed by atoms with Crippen LogP contribution in [0.25, 0.3) is 10.8 Å². The quantitative estimate of drug-likeness (QED) is 0.0228. The number of nitrogens with two attached hydrogens (primary N) is 2. The van der Waals surface area contributed by atoms with E-state index in [0.29, 0.717) is 33.7 Å². The van der Waals surface area contributed by atoms with Gasteiger partial charge >= 0.3 is 12.1 Å². The summed E-state index contributed by atoms with van der Waals surface area (Å²) in [6, 6.07) is 16.4. The highest BCUT2D eigenvalue weighted by Gasteiger charge is 2.41. The summed E-state index contributed by atoms with van der Waals surface area (Å²) in [5.74, 6) is -11.8. The van der Waals surface area contributed by atoms with Gasteiger partial charge in [0.1, 0.15) is 66.5 Å². The number of aliphatic hydroxyl groups excluding tert-OH is 1. The van der Waals surface area contributed by atoms with Crippen molar-refractivity contribution in [3.05, 3.63) is 173 Å². The molecule has 0 spiro atoms. The summed E-state index contributed by atoms with van der Waals surface area (Å²) in [5.41, 5.74) is 13.4. The summed E-state index contributed by atoms with van der Waals surface area (Å²) in [7, 11) is 0. The van der Waals surface area contributed by atoms with Crippen molar-refractivity contribution in [2.24, 2.45) is 17.4 Å². The predicted octanol–water partition coefficient (Wildman–Crippen LogP) is 0.241. The van der Waals surface area contributed by atoms with Gasteiger partial charge in [0, 0.05) is 87.0 Å². The Morgan fingerprint density at radius 2 is 1.04 bits per heavy atom. The van der Waals surface area contributed by atoms with Crippen molar-refractivity contribution in [2.75, 3.05) is 36.9 Å². The SMILES string of the molecule is CC(=O)N[C@H](Cc1ccc2ccccc2c1)C(=O)N[C@H](Cc1ccc(Cl)cc1)C(=O)N[C@H](Cc1cccnc1)C(=O)N[C@@H](CO)C(=O)N[C@@H](Cc1ccc(NC(=O)[C@@H]2CC(=O)NC(=O)N2)cc1)C(=O)N[C@H](Cc1ccc(NC(N)=O)cc1)C(=O)N[C@@H](CC(C)C)C(=O)N[C@@H](CCCNC(=O)CNC(C)C)C(=O)N1CCC[C@H]1C(=O)N[C@H](C)C(N)=O. The fourth-order valence-electron chi connectivity index (χ4n) is 13.4. The second kappa shape index (κ2) is 45.1. The van der Waals surface area contributed by atoms with Crippen LogP contribution in [-0.2, 0) is 99.2 Å². The van der Waals surface area contributed by atoms with Crippen LogP contribution in [0.2, 0.25) is 5.02 Å². The number of hydrogen-bond acceptors (Lipinski definition) is 19. The molecular formula is C83H104ClN19O17. The monoisotopic (exact) mass is 1670 g/mol. The zero-order valence-corrected chi connectivity index (χ0v) is 68.1. The summed E-state index contributed by atoms with van der Waals surface area (Å²) in [6.07, 6.45) is 1.68. The third-order valence-electron chi connectivity index (χ3n) is 19.6. The molecule has 36 nitrogen and oxygen atoms in total. The molecular weight excluding hydrogens is 1570 g/mol. The first-order valence-electron chi connectivity index (χ1n) is 39.3. The van der Waals surface area contributed by atoms with Gasteiger partial charge in [0.2, 0.25) is 82.7 Å². The molecule has 2 aliphatic rings. The molecule has 640 valence electrons. The number of likely N-dealkylation sites (tertiary alicyclic amines) is 1. The van der Waals surface area contributed by atoms with E-state index in [9.17, 15) is 57.8 Å². The van der Waals surface area contributed by atoms with Gasteiger partial charge in [0.25, 0.3) is 0 Å². The maximum atomic E-state index is 15.5. The summed E-state index contributed by atoms with van der Waals surface area (Å²) >= 11 is 6.27. The molecule has 2 aliphatic heterocycles. The van der Waals surface area contributed by atoms with Gasteiger partial charge in [-0.2, -0.15) is 0 Å². The lowest BCUT2D eigenvalue weighted by atomic mass is 9.99. The zero-order chi connectivity index (χ0) is 87.3. The number of nitrogens with one attached hydrogen (secondary N) is 15. The standard InChI is InChI=1S/C83H104ClN19O17/c1-45(2)34-60(73(110)94-59(15-10-32-88-70(107)43-89-46(3)4)81(118)103-33-11-16-68(103)80(117)90-47(5)71(85)108)95-75(112)63(37-51-22-29-58(30-23-51)93-82(86)119)97-77(114)64(38-50-20-27-57(28-21-50)92-72(109)66-41-69(106)102-83(120)101-66)99-79(116)67(44-104)100-78(115)65(40-53-12-9-31-87-42-53)98-76(113)62(36-49-18-25-56(84)26-19-49)96-74(111)61(91-48(6)105)39-52-17-24-54-13-7-8-14-55(54)35-52/h7-9,12-14,17-31,35,42,45-47,59-68,89,104H,10-11,15-16,32-34,36-41,43-44H2,1-6H3,(H2,85,108)(H,88,107)(H,90,117)(H,91,105)(H,92,109)(H,94,110)(H,95,112)(H,96,111)(H,97,114)(H,98,113)(H,99,116)(H,100,115)(H3,86,93,119)(H2,101,102,106,120)/t47-,59+,60+,61-,62-,63-,64+,65-,66+,67+,68+/m1/s1. The Bertz CT molecular complexity index is 4660. The number of imide groups is 1. The Morgan fingerprint density at radius 3 is 1.56 bits per heavy atom. The molecule has 0 radical (unpaired) electrons. The van der Waals surface area contributed by atoms with Crippen LogP contribution >= 0.6 is 11.6 Å². The van der Waals surface area contributed by atoms with Crippen LogP contribution in [0, 0.1) is 5.92 Å². The molecule has 8 rings (SSSR count). The van der Waals surface area contributed by atoms with E-state index in [1.807, 2.05) is 61.6 Å². The Balaban J connectivity index is 1.10. The van der Waals surface area contributed by atoms with E-state index in [-0.39, 0.29) is 112 Å². The van der Waals surface area contributed by atoms with Crippen molar-refractivity contribution in [3.8, 4) is 0 Å². The van der Waals surface area contributed by atoms with E-state index >= 15 is 24.0 Å². The minimum absolute atomic E-state index is 0.00375. The number of benzene rings is 5. The highest BCUT2D eigenvalue weighted by Crippen LogP contribution is 2.23. The molecule has 1 aromatic heterocycles. The van der Waals surface area contributed by atoms with Crippen molar-refractivity contribution in [3.63, 3.8) is 0 Å². The van der Waals surface area contributed by atoms with Crippen LogP contribution < -0.4 is 91.2 Å². The lowest BCUT2D eigenvalue weighted by molar-refractivity contribution is -0.142. The fourth-order valence-corrected chi connectivity index (χ4v) is 13.5. The number of aromatic nitrogens is 1. The van der Waals surface area contributed by atoms with Crippen molar-refractivity contribution < 1.29 is 81.8 Å². The fraction of sp³-hybridized carbons (Fsp3) is 0.410. The normalized spacial score (nSPS) is 16.0. The number of pyridine rings is 1. The number of anilines is 2. The van der Waals surface area contributed by atoms with E-state index in [1.165, 1.54) is 79.7 Å². The van der Waals surface area contributed by atoms with Crippen LogP contribution in [0.15, 0.2) is 140 Å². The van der Waals surface area contributed by atoms with E-state index in [1.54, 1.807) is 50.2 Å². The summed E-state index contributed by atoms with van der Waals surface area (Å²) in [4.78, 5) is 226. The van der Waals surface area contributed by atoms with Gasteiger partial charge < -0.3 is 95.9 Å². The van der Waals surface area contributed by atoms with Gasteiger partial charge in [-0.25, -0.2) is 9.59 Å². The van der Waals surface area contributed by atoms with E-state index < -0.39 is 168 Å². The lowest BCUT2D eigenvalue weighted by Crippen LogP contribution is -2.62. The van der Waals surface area contributed by atoms with Gasteiger partial charge in [-0.05, 0) is 126 Å². The Hall–Kier alpha value is -13.0. The van der Waals surface area contributed by atoms with Gasteiger partial charge in [0.05, 0.1) is 19.6 Å². The molecule has 18 amide bonds. The molecule has 120 heavy (non-hydrogen) atoms. The highest BCUT2D eigenvalue weighted by atomic mass is 35.5. The first-order valence-corrected chi connectivity index (χ1v) is 39.7. The second-order valence-corrected chi connectivity index (χ2v) is 30.6. The van der Waals surface area contributed by atoms with Crippen LogP contribution in [-0.4, -0.2) is 208 Å². The Morgan fingerprint density at radius 1 is 0.550 bits per heavy atom. The number of amides is 18. The number of primary amides is 2. The van der Waals surface area contributed by atoms with E-state index in [0.717, 1.165) is 10.8 Å². The minimum atomic E-state index is -1.94. The number of fused-ring (bicyclic) bond motifs is 1. The maximum Gasteiger partial charge on any atom is 0.322 e. The van der Waals surface area contributed by atoms with Crippen molar-refractivity contribution >= 4 is 129 Å². The van der Waals surface area contributed by atoms with Crippen molar-refractivity contribution in [1.82, 2.24) is 79.0 Å². The smallest absolute Gasteiger partial charge is 0.322 e. The highest BCUT2D eigenvalue weighted by molar-refractivity contribution is 6.30. The van der Waals surface area contributed by atoms with Gasteiger partial charge in [-0.1, -0.05) is 124 Å². The Labute approximate surface area is 697 Å². The number of aliphatic hydroxyl groups is 1. The molecule has 6 aromatic rings. The molecule has 0 saturated carbocycles. The number of rotatable bonds is 42. The van der Waals surface area contributed by atoms with E-state index in [2.05, 4.69) is 79.4 Å². The first-order chi connectivity index (χ1) is 57.2. The number of halogens is 1. The van der Waals surface area contributed by atoms with Crippen molar-refractivity contribution in [1.29, 1.82) is 0 Å². The molecule has 0 bridgehead atoms. The average Bonchev–Trinajstić information content (AvgIpc) is 1.66. The molecule has 2 fully saturated rings. The van der Waals surface area contributed by atoms with Gasteiger partial charge in [-0.15, -0.1) is 0 Å². The van der Waals surface area contributed by atoms with Crippen LogP contribution in [0.3, 0.4) is 0 Å². The third kappa shape index (κ3) is 29.3. The summed E-state index contributed by atoms with van der Waals surface area (Å²) < 4.78 is 0. The molecule has 0 aliphatic carbocycles. The second-order valence-electron chi connectivity index (χ2n) is 30.2. The summed E-state index contributed by atoms with van der Waals surface area (Å²) in [6.45, 7) is 8.81. The lowest BCUT2D eigenvalue weighted by Gasteiger charge is -2.31. The molecule has 20 N–H and O–H groups in total. The Kier molecular flexibility index (Phi) is 34.8. The van der Waals surface area contributed by atoms with Crippen LogP contribution in [0.1, 0.15) is 108 Å². The number of hydrogen-bond donors (Lipinski definition) is 18. The average molecular weight is 1680 g/mol. The first kappa shape index (κ1) is 92.5. The number of nitrogens with zero attached hydrogens (tertiary/aromatic N) is 2. The molecule has 37 heteroatoms. The zero-order valence-electron chi connectivity index (χ0n) is 67.3. The van der Waals surface area contributed by atoms with Crippen LogP contribution in [0.4, 0.5) is 21.0 Å². The van der Waals surface area contributed by atoms with Gasteiger partial charge in [0.15, 0.2) is 0 Å². The molecule has 0 unspecified atom stereocenters. The summed E-state index contributed by atoms with van der Waals surface area (Å²) in [5, 5.41) is 52.6. The number of carbonyl (C=O) groups excluding carboxylic acids is 16. The number of urea groups is 2. The van der Waals surface area contributed by atoms with Gasteiger partial charge in [-0.3, -0.25) is 77.4 Å². The third-order valence-corrected chi connectivity index (χ3v) is 19.9. The molecule has 3 heterocycles. The molecule has 5 aromatic carbocycles. The topological polar surface area (TPSA) is 542 Å². The van der Waals surface area contributed by atoms with Crippen LogP contribution in [0.5, 0.6) is 0 Å². The predicted molar refractivity (Wildman–Crippen MR) is 443 cm³/mol. The molecule has 2 saturated heterocycles. The minimum Gasteiger partial charge on any atom is -0.394 e. The maximum absolute atomic E-state index is 15.5. The number of carbonyl (C=O) groups is 16. The largest absolute Gasteiger partial charge is 0.394 e. The molecule has 11 atom stereocenters. The van der Waals surface area contributed by atoms with Crippen molar-refractivity contribution in [2.45, 2.75) is 185 Å².